The largest absolute Gasteiger partial charge is 0.344 e. The maximum Gasteiger partial charge on any atom is 0.249 e. The Bertz CT molecular complexity index is 693. The average Bonchev–Trinajstić information content (AvgIpc) is 2.66. The van der Waals surface area contributed by atoms with Crippen LogP contribution in [-0.4, -0.2) is 29.4 Å². The summed E-state index contributed by atoms with van der Waals surface area (Å²) in [5.41, 5.74) is 1.67. The minimum absolute atomic E-state index is 0.0558. The van der Waals surface area contributed by atoms with E-state index in [0.29, 0.717) is 19.4 Å². The molecule has 2 heterocycles. The van der Waals surface area contributed by atoms with E-state index in [-0.39, 0.29) is 11.8 Å². The van der Waals surface area contributed by atoms with Gasteiger partial charge in [-0.05, 0) is 30.7 Å². The highest BCUT2D eigenvalue weighted by molar-refractivity contribution is 6.06. The van der Waals surface area contributed by atoms with Gasteiger partial charge in [0.2, 0.25) is 11.8 Å². The Kier molecular flexibility index (Phi) is 3.56. The Morgan fingerprint density at radius 1 is 1.29 bits per heavy atom. The third-order valence-electron chi connectivity index (χ3n) is 3.78. The number of amides is 2. The van der Waals surface area contributed by atoms with Gasteiger partial charge in [0.15, 0.2) is 0 Å². The number of pyridine rings is 1. The van der Waals surface area contributed by atoms with E-state index in [0.717, 1.165) is 16.6 Å². The molecule has 1 aromatic heterocycles. The molecule has 2 amide bonds. The van der Waals surface area contributed by atoms with E-state index < -0.39 is 6.04 Å². The van der Waals surface area contributed by atoms with E-state index in [2.05, 4.69) is 10.3 Å². The topological polar surface area (TPSA) is 62.3 Å². The fourth-order valence-corrected chi connectivity index (χ4v) is 2.68. The van der Waals surface area contributed by atoms with E-state index in [1.807, 2.05) is 37.3 Å². The second-order valence-electron chi connectivity index (χ2n) is 5.12. The van der Waals surface area contributed by atoms with E-state index in [4.69, 9.17) is 0 Å². The molecule has 108 valence electrons. The van der Waals surface area contributed by atoms with E-state index in [9.17, 15) is 9.59 Å². The lowest BCUT2D eigenvalue weighted by Gasteiger charge is -2.24. The second kappa shape index (κ2) is 5.52. The number of nitrogens with zero attached hydrogens (tertiary/aromatic N) is 2. The number of carbonyl (C=O) groups excluding carboxylic acids is 2. The fraction of sp³-hybridized carbons (Fsp3) is 0.312. The number of fused-ring (bicyclic) bond motifs is 1. The lowest BCUT2D eigenvalue weighted by Crippen LogP contribution is -2.44. The Hall–Kier alpha value is -2.43. The van der Waals surface area contributed by atoms with Gasteiger partial charge in [-0.2, -0.15) is 0 Å². The molecule has 1 aromatic carbocycles. The second-order valence-corrected chi connectivity index (χ2v) is 5.12. The first-order valence-electron chi connectivity index (χ1n) is 7.15. The Morgan fingerprint density at radius 3 is 2.95 bits per heavy atom. The first kappa shape index (κ1) is 13.5. The normalized spacial score (nSPS) is 19.5. The van der Waals surface area contributed by atoms with Crippen molar-refractivity contribution in [2.24, 2.45) is 0 Å². The number of rotatable bonds is 2. The number of hydrogen-bond donors (Lipinski definition) is 1. The van der Waals surface area contributed by atoms with Crippen LogP contribution in [0.1, 0.15) is 19.8 Å². The van der Waals surface area contributed by atoms with Crippen LogP contribution in [0.3, 0.4) is 0 Å². The number of aromatic nitrogens is 1. The van der Waals surface area contributed by atoms with Crippen LogP contribution in [0.5, 0.6) is 0 Å². The van der Waals surface area contributed by atoms with Crippen LogP contribution in [-0.2, 0) is 9.59 Å². The van der Waals surface area contributed by atoms with Crippen LogP contribution in [0.4, 0.5) is 5.69 Å². The number of hydrogen-bond acceptors (Lipinski definition) is 3. The predicted molar refractivity (Wildman–Crippen MR) is 80.9 cm³/mol. The summed E-state index contributed by atoms with van der Waals surface area (Å²) in [5.74, 6) is -0.129. The van der Waals surface area contributed by atoms with E-state index >= 15 is 0 Å². The molecule has 0 spiro atoms. The van der Waals surface area contributed by atoms with Crippen molar-refractivity contribution in [2.75, 3.05) is 11.4 Å². The van der Waals surface area contributed by atoms with Crippen molar-refractivity contribution >= 4 is 28.4 Å². The molecule has 5 nitrogen and oxygen atoms in total. The smallest absolute Gasteiger partial charge is 0.249 e. The van der Waals surface area contributed by atoms with Gasteiger partial charge >= 0.3 is 0 Å². The van der Waals surface area contributed by atoms with Gasteiger partial charge in [0.1, 0.15) is 6.04 Å². The number of carbonyl (C=O) groups is 2. The lowest BCUT2D eigenvalue weighted by molar-refractivity contribution is -0.125. The van der Waals surface area contributed by atoms with Crippen LogP contribution in [0.2, 0.25) is 0 Å². The number of benzene rings is 1. The van der Waals surface area contributed by atoms with Crippen molar-refractivity contribution in [3.05, 3.63) is 36.5 Å². The molecule has 21 heavy (non-hydrogen) atoms. The molecule has 1 atom stereocenters. The quantitative estimate of drug-likeness (QED) is 0.915. The maximum atomic E-state index is 12.7. The summed E-state index contributed by atoms with van der Waals surface area (Å²) in [4.78, 5) is 30.4. The molecule has 0 aliphatic carbocycles. The average molecular weight is 283 g/mol. The molecule has 2 aromatic rings. The van der Waals surface area contributed by atoms with Gasteiger partial charge in [0.05, 0.1) is 11.2 Å². The van der Waals surface area contributed by atoms with E-state index in [1.54, 1.807) is 11.1 Å². The van der Waals surface area contributed by atoms with Gasteiger partial charge in [0, 0.05) is 24.5 Å². The first-order chi connectivity index (χ1) is 10.2. The van der Waals surface area contributed by atoms with Crippen LogP contribution >= 0.6 is 0 Å². The summed E-state index contributed by atoms with van der Waals surface area (Å²) in [6.07, 6.45) is 2.64. The third-order valence-corrected chi connectivity index (χ3v) is 3.78. The molecule has 1 fully saturated rings. The molecule has 0 bridgehead atoms. The standard InChI is InChI=1S/C16H17N3O2/c1-2-12-16(21)19(10-8-15(20)18-12)14-7-3-6-13-11(14)5-4-9-17-13/h3-7,9,12H,2,8,10H2,1H3,(H,18,20). The van der Waals surface area contributed by atoms with Gasteiger partial charge in [0.25, 0.3) is 0 Å². The van der Waals surface area contributed by atoms with Gasteiger partial charge in [-0.25, -0.2) is 0 Å². The minimum atomic E-state index is -0.452. The van der Waals surface area contributed by atoms with E-state index in [1.165, 1.54) is 0 Å². The number of nitrogens with one attached hydrogen (secondary N) is 1. The summed E-state index contributed by atoms with van der Waals surface area (Å²) in [6.45, 7) is 2.30. The molecular formula is C16H17N3O2. The summed E-state index contributed by atoms with van der Waals surface area (Å²) in [6, 6.07) is 9.07. The SMILES string of the molecule is CCC1NC(=O)CCN(c2cccc3ncccc23)C1=O. The summed E-state index contributed by atoms with van der Waals surface area (Å²) >= 11 is 0. The molecule has 1 saturated heterocycles. The van der Waals surface area contributed by atoms with Gasteiger partial charge < -0.3 is 10.2 Å². The first-order valence-corrected chi connectivity index (χ1v) is 7.15. The highest BCUT2D eigenvalue weighted by Crippen LogP contribution is 2.27. The van der Waals surface area contributed by atoms with Crippen LogP contribution < -0.4 is 10.2 Å². The minimum Gasteiger partial charge on any atom is -0.344 e. The molecular weight excluding hydrogens is 266 g/mol. The molecule has 0 saturated carbocycles. The van der Waals surface area contributed by atoms with Gasteiger partial charge in [-0.15, -0.1) is 0 Å². The fourth-order valence-electron chi connectivity index (χ4n) is 2.68. The highest BCUT2D eigenvalue weighted by Gasteiger charge is 2.30. The van der Waals surface area contributed by atoms with Crippen molar-refractivity contribution < 1.29 is 9.59 Å². The molecule has 0 radical (unpaired) electrons. The molecule has 1 aliphatic heterocycles. The molecule has 5 heteroatoms. The van der Waals surface area contributed by atoms with Gasteiger partial charge in [-0.3, -0.25) is 14.6 Å². The van der Waals surface area contributed by atoms with Crippen LogP contribution in [0.25, 0.3) is 10.9 Å². The zero-order chi connectivity index (χ0) is 14.8. The van der Waals surface area contributed by atoms with Crippen molar-refractivity contribution in [2.45, 2.75) is 25.8 Å². The molecule has 1 N–H and O–H groups in total. The Labute approximate surface area is 123 Å². The molecule has 1 unspecified atom stereocenters. The summed E-state index contributed by atoms with van der Waals surface area (Å²) < 4.78 is 0. The molecule has 3 rings (SSSR count). The predicted octanol–water partition coefficient (Wildman–Crippen LogP) is 1.87. The highest BCUT2D eigenvalue weighted by atomic mass is 16.2. The van der Waals surface area contributed by atoms with Crippen molar-refractivity contribution in [3.63, 3.8) is 0 Å². The van der Waals surface area contributed by atoms with Crippen LogP contribution in [0, 0.1) is 0 Å². The summed E-state index contributed by atoms with van der Waals surface area (Å²) in [5, 5.41) is 3.71. The van der Waals surface area contributed by atoms with Crippen molar-refractivity contribution in [1.29, 1.82) is 0 Å². The van der Waals surface area contributed by atoms with Crippen molar-refractivity contribution in [1.82, 2.24) is 10.3 Å². The Morgan fingerprint density at radius 2 is 2.14 bits per heavy atom. The Balaban J connectivity index is 2.08. The third kappa shape index (κ3) is 2.46. The zero-order valence-electron chi connectivity index (χ0n) is 11.9. The summed E-state index contributed by atoms with van der Waals surface area (Å²) in [7, 11) is 0. The number of anilines is 1. The van der Waals surface area contributed by atoms with Gasteiger partial charge in [-0.1, -0.05) is 13.0 Å². The lowest BCUT2D eigenvalue weighted by atomic mass is 10.1. The maximum absolute atomic E-state index is 12.7. The monoisotopic (exact) mass is 283 g/mol. The van der Waals surface area contributed by atoms with Crippen LogP contribution in [0.15, 0.2) is 36.5 Å². The van der Waals surface area contributed by atoms with Crippen molar-refractivity contribution in [3.8, 4) is 0 Å². The zero-order valence-corrected chi connectivity index (χ0v) is 11.9. The molecule has 1 aliphatic rings.